The molecule has 0 saturated heterocycles. The summed E-state index contributed by atoms with van der Waals surface area (Å²) >= 11 is 0. The minimum atomic E-state index is -0.296. The van der Waals surface area contributed by atoms with Crippen LogP contribution < -0.4 is 9.64 Å². The predicted octanol–water partition coefficient (Wildman–Crippen LogP) is 2.90. The van der Waals surface area contributed by atoms with E-state index in [2.05, 4.69) is 0 Å². The van der Waals surface area contributed by atoms with E-state index in [0.717, 1.165) is 0 Å². The standard InChI is InChI=1S/C18H17NO4/c1-2-22-11-12-23-14-9-7-13(8-10-14)19-17(20)15-5-3-4-6-16(15)18(19)21/h3-10H,2,11-12H2,1H3. The van der Waals surface area contributed by atoms with Crippen LogP contribution in [0.25, 0.3) is 0 Å². The number of fused-ring (bicyclic) bond motifs is 1. The quantitative estimate of drug-likeness (QED) is 0.608. The van der Waals surface area contributed by atoms with Crippen molar-refractivity contribution in [3.63, 3.8) is 0 Å². The van der Waals surface area contributed by atoms with E-state index in [1.165, 1.54) is 4.90 Å². The molecule has 0 unspecified atom stereocenters. The van der Waals surface area contributed by atoms with Crippen LogP contribution in [0.2, 0.25) is 0 Å². The van der Waals surface area contributed by atoms with E-state index < -0.39 is 0 Å². The highest BCUT2D eigenvalue weighted by molar-refractivity contribution is 6.34. The zero-order chi connectivity index (χ0) is 16.2. The Hall–Kier alpha value is -2.66. The highest BCUT2D eigenvalue weighted by Gasteiger charge is 2.36. The van der Waals surface area contributed by atoms with Crippen molar-refractivity contribution in [1.82, 2.24) is 0 Å². The van der Waals surface area contributed by atoms with Gasteiger partial charge in [-0.2, -0.15) is 0 Å². The summed E-state index contributed by atoms with van der Waals surface area (Å²) in [5, 5.41) is 0. The number of amides is 2. The fourth-order valence-corrected chi connectivity index (χ4v) is 2.48. The molecule has 0 N–H and O–H groups in total. The zero-order valence-corrected chi connectivity index (χ0v) is 12.8. The van der Waals surface area contributed by atoms with E-state index in [9.17, 15) is 9.59 Å². The lowest BCUT2D eigenvalue weighted by atomic mass is 10.1. The first-order valence-corrected chi connectivity index (χ1v) is 7.51. The van der Waals surface area contributed by atoms with E-state index >= 15 is 0 Å². The number of benzene rings is 2. The first kappa shape index (κ1) is 15.2. The summed E-state index contributed by atoms with van der Waals surface area (Å²) in [5.41, 5.74) is 1.41. The number of carbonyl (C=O) groups excluding carboxylic acids is 2. The number of anilines is 1. The molecule has 0 atom stereocenters. The van der Waals surface area contributed by atoms with Crippen molar-refractivity contribution in [3.8, 4) is 5.75 Å². The molecule has 2 amide bonds. The molecule has 1 heterocycles. The van der Waals surface area contributed by atoms with Crippen LogP contribution in [0.5, 0.6) is 5.75 Å². The molecule has 1 aliphatic heterocycles. The summed E-state index contributed by atoms with van der Waals surface area (Å²) < 4.78 is 10.7. The number of imide groups is 1. The van der Waals surface area contributed by atoms with E-state index in [4.69, 9.17) is 9.47 Å². The molecule has 1 aliphatic rings. The van der Waals surface area contributed by atoms with Gasteiger partial charge in [-0.05, 0) is 43.3 Å². The fourth-order valence-electron chi connectivity index (χ4n) is 2.48. The molecule has 23 heavy (non-hydrogen) atoms. The SMILES string of the molecule is CCOCCOc1ccc(N2C(=O)c3ccccc3C2=O)cc1. The maximum atomic E-state index is 12.4. The first-order chi connectivity index (χ1) is 11.2. The maximum absolute atomic E-state index is 12.4. The van der Waals surface area contributed by atoms with Crippen molar-refractivity contribution in [2.24, 2.45) is 0 Å². The second-order valence-corrected chi connectivity index (χ2v) is 5.03. The van der Waals surface area contributed by atoms with Gasteiger partial charge in [-0.15, -0.1) is 0 Å². The largest absolute Gasteiger partial charge is 0.491 e. The van der Waals surface area contributed by atoms with Gasteiger partial charge >= 0.3 is 0 Å². The lowest BCUT2D eigenvalue weighted by molar-refractivity contribution is 0.0926. The van der Waals surface area contributed by atoms with E-state index in [0.29, 0.717) is 42.4 Å². The number of hydrogen-bond acceptors (Lipinski definition) is 4. The molecule has 0 aromatic heterocycles. The summed E-state index contributed by atoms with van der Waals surface area (Å²) in [7, 11) is 0. The molecule has 0 bridgehead atoms. The van der Waals surface area contributed by atoms with Crippen LogP contribution in [-0.2, 0) is 4.74 Å². The minimum absolute atomic E-state index is 0.296. The molecule has 0 radical (unpaired) electrons. The van der Waals surface area contributed by atoms with Gasteiger partial charge in [0.1, 0.15) is 12.4 Å². The second kappa shape index (κ2) is 6.62. The molecule has 0 spiro atoms. The van der Waals surface area contributed by atoms with Crippen molar-refractivity contribution >= 4 is 17.5 Å². The molecule has 5 nitrogen and oxygen atoms in total. The van der Waals surface area contributed by atoms with Crippen molar-refractivity contribution in [2.45, 2.75) is 6.92 Å². The van der Waals surface area contributed by atoms with Crippen LogP contribution in [0.1, 0.15) is 27.6 Å². The summed E-state index contributed by atoms with van der Waals surface area (Å²) in [6.07, 6.45) is 0. The third kappa shape index (κ3) is 2.96. The maximum Gasteiger partial charge on any atom is 0.266 e. The van der Waals surface area contributed by atoms with Gasteiger partial charge in [0, 0.05) is 6.61 Å². The van der Waals surface area contributed by atoms with Crippen LogP contribution in [0.4, 0.5) is 5.69 Å². The van der Waals surface area contributed by atoms with Crippen molar-refractivity contribution in [3.05, 3.63) is 59.7 Å². The average molecular weight is 311 g/mol. The lowest BCUT2D eigenvalue weighted by Gasteiger charge is -2.14. The molecule has 0 saturated carbocycles. The van der Waals surface area contributed by atoms with E-state index in [1.54, 1.807) is 48.5 Å². The summed E-state index contributed by atoms with van der Waals surface area (Å²) in [4.78, 5) is 26.0. The molecule has 3 rings (SSSR count). The zero-order valence-electron chi connectivity index (χ0n) is 12.8. The Morgan fingerprint density at radius 3 is 2.04 bits per heavy atom. The first-order valence-electron chi connectivity index (χ1n) is 7.51. The molecular formula is C18H17NO4. The van der Waals surface area contributed by atoms with Crippen molar-refractivity contribution < 1.29 is 19.1 Å². The molecular weight excluding hydrogens is 294 g/mol. The van der Waals surface area contributed by atoms with Gasteiger partial charge in [-0.1, -0.05) is 12.1 Å². The highest BCUT2D eigenvalue weighted by Crippen LogP contribution is 2.29. The molecule has 2 aromatic rings. The number of nitrogens with zero attached hydrogens (tertiary/aromatic N) is 1. The Kier molecular flexibility index (Phi) is 4.39. The Bertz CT molecular complexity index is 689. The van der Waals surface area contributed by atoms with Gasteiger partial charge in [0.2, 0.25) is 0 Å². The molecule has 118 valence electrons. The normalized spacial score (nSPS) is 13.3. The third-order valence-corrected chi connectivity index (χ3v) is 3.59. The highest BCUT2D eigenvalue weighted by atomic mass is 16.5. The number of hydrogen-bond donors (Lipinski definition) is 0. The smallest absolute Gasteiger partial charge is 0.266 e. The minimum Gasteiger partial charge on any atom is -0.491 e. The Balaban J connectivity index is 1.73. The number of carbonyl (C=O) groups is 2. The average Bonchev–Trinajstić information content (AvgIpc) is 2.84. The molecule has 2 aromatic carbocycles. The summed E-state index contributed by atoms with van der Waals surface area (Å²) in [6, 6.07) is 13.7. The van der Waals surface area contributed by atoms with Crippen LogP contribution in [-0.4, -0.2) is 31.6 Å². The van der Waals surface area contributed by atoms with Crippen LogP contribution in [0.15, 0.2) is 48.5 Å². The van der Waals surface area contributed by atoms with Gasteiger partial charge in [-0.25, -0.2) is 4.90 Å². The summed E-state index contributed by atoms with van der Waals surface area (Å²) in [6.45, 7) is 3.57. The summed E-state index contributed by atoms with van der Waals surface area (Å²) in [5.74, 6) is 0.0799. The van der Waals surface area contributed by atoms with Gasteiger partial charge < -0.3 is 9.47 Å². The van der Waals surface area contributed by atoms with Gasteiger partial charge in [0.15, 0.2) is 0 Å². The lowest BCUT2D eigenvalue weighted by Crippen LogP contribution is -2.29. The molecule has 0 fully saturated rings. The Morgan fingerprint density at radius 2 is 1.48 bits per heavy atom. The van der Waals surface area contributed by atoms with E-state index in [-0.39, 0.29) is 11.8 Å². The monoisotopic (exact) mass is 311 g/mol. The van der Waals surface area contributed by atoms with Gasteiger partial charge in [-0.3, -0.25) is 9.59 Å². The van der Waals surface area contributed by atoms with Crippen LogP contribution in [0, 0.1) is 0 Å². The topological polar surface area (TPSA) is 55.8 Å². The van der Waals surface area contributed by atoms with Crippen molar-refractivity contribution in [2.75, 3.05) is 24.7 Å². The molecule has 5 heteroatoms. The molecule has 0 aliphatic carbocycles. The predicted molar refractivity (Wildman–Crippen MR) is 86.0 cm³/mol. The van der Waals surface area contributed by atoms with Gasteiger partial charge in [0.25, 0.3) is 11.8 Å². The number of ether oxygens (including phenoxy) is 2. The fraction of sp³-hybridized carbons (Fsp3) is 0.222. The van der Waals surface area contributed by atoms with E-state index in [1.807, 2.05) is 6.92 Å². The van der Waals surface area contributed by atoms with Crippen LogP contribution >= 0.6 is 0 Å². The number of rotatable bonds is 6. The Morgan fingerprint density at radius 1 is 0.870 bits per heavy atom. The van der Waals surface area contributed by atoms with Crippen LogP contribution in [0.3, 0.4) is 0 Å². The van der Waals surface area contributed by atoms with Crippen molar-refractivity contribution in [1.29, 1.82) is 0 Å². The van der Waals surface area contributed by atoms with Gasteiger partial charge in [0.05, 0.1) is 23.4 Å². The second-order valence-electron chi connectivity index (χ2n) is 5.03. The Labute approximate surface area is 134 Å². The third-order valence-electron chi connectivity index (χ3n) is 3.59.